The first-order valence-corrected chi connectivity index (χ1v) is 8.73. The summed E-state index contributed by atoms with van der Waals surface area (Å²) in [6, 6.07) is 17.2. The Balaban J connectivity index is 0.00000243. The molecule has 0 bridgehead atoms. The van der Waals surface area contributed by atoms with E-state index in [4.69, 9.17) is 0 Å². The number of halogens is 1. The van der Waals surface area contributed by atoms with Gasteiger partial charge in [-0.25, -0.2) is 0 Å². The third-order valence-corrected chi connectivity index (χ3v) is 4.35. The van der Waals surface area contributed by atoms with Gasteiger partial charge in [-0.15, -0.1) is 24.0 Å². The van der Waals surface area contributed by atoms with Crippen molar-refractivity contribution in [1.82, 2.24) is 10.6 Å². The summed E-state index contributed by atoms with van der Waals surface area (Å²) in [5, 5.41) is 6.73. The van der Waals surface area contributed by atoms with Crippen molar-refractivity contribution in [3.8, 4) is 0 Å². The molecule has 0 spiro atoms. The summed E-state index contributed by atoms with van der Waals surface area (Å²) in [4.78, 5) is 6.65. The van der Waals surface area contributed by atoms with Crippen molar-refractivity contribution in [3.63, 3.8) is 0 Å². The number of benzene rings is 2. The fraction of sp³-hybridized carbons (Fsp3) is 0.286. The van der Waals surface area contributed by atoms with Crippen LogP contribution in [-0.2, 0) is 13.1 Å². The Kier molecular flexibility index (Phi) is 7.97. The minimum Gasteiger partial charge on any atom is -0.364 e. The highest BCUT2D eigenvalue weighted by Gasteiger charge is 2.07. The maximum atomic E-state index is 4.30. The zero-order valence-corrected chi connectivity index (χ0v) is 17.7. The Morgan fingerprint density at radius 3 is 2.23 bits per heavy atom. The van der Waals surface area contributed by atoms with E-state index in [1.54, 1.807) is 7.05 Å². The number of hydrogen-bond donors (Lipinski definition) is 2. The van der Waals surface area contributed by atoms with Crippen molar-refractivity contribution in [2.75, 3.05) is 25.0 Å². The van der Waals surface area contributed by atoms with E-state index in [-0.39, 0.29) is 24.0 Å². The second kappa shape index (κ2) is 10.2. The molecule has 2 N–H and O–H groups in total. The molecule has 0 radical (unpaired) electrons. The SMILES string of the molecule is CN=C(NCc1ccc(N2CC=CC2)cc1)NCc1cccc(C)c1.I. The number of nitrogens with zero attached hydrogens (tertiary/aromatic N) is 2. The van der Waals surface area contributed by atoms with E-state index in [0.717, 1.165) is 32.1 Å². The third kappa shape index (κ3) is 5.76. The lowest BCUT2D eigenvalue weighted by Gasteiger charge is -2.18. The van der Waals surface area contributed by atoms with Gasteiger partial charge in [-0.3, -0.25) is 4.99 Å². The minimum atomic E-state index is 0. The highest BCUT2D eigenvalue weighted by atomic mass is 127. The van der Waals surface area contributed by atoms with Gasteiger partial charge in [0.15, 0.2) is 5.96 Å². The molecule has 1 heterocycles. The molecule has 1 aliphatic heterocycles. The first-order chi connectivity index (χ1) is 12.2. The largest absolute Gasteiger partial charge is 0.364 e. The minimum absolute atomic E-state index is 0. The van der Waals surface area contributed by atoms with Gasteiger partial charge in [0.25, 0.3) is 0 Å². The smallest absolute Gasteiger partial charge is 0.191 e. The average molecular weight is 462 g/mol. The zero-order valence-electron chi connectivity index (χ0n) is 15.4. The Morgan fingerprint density at radius 1 is 0.962 bits per heavy atom. The summed E-state index contributed by atoms with van der Waals surface area (Å²) in [6.45, 7) is 5.65. The van der Waals surface area contributed by atoms with Gasteiger partial charge in [-0.1, -0.05) is 54.1 Å². The maximum Gasteiger partial charge on any atom is 0.191 e. The maximum absolute atomic E-state index is 4.30. The Bertz CT molecular complexity index is 745. The Morgan fingerprint density at radius 2 is 1.62 bits per heavy atom. The number of hydrogen-bond acceptors (Lipinski definition) is 2. The van der Waals surface area contributed by atoms with Crippen molar-refractivity contribution in [2.24, 2.45) is 4.99 Å². The number of aryl methyl sites for hydroxylation is 1. The van der Waals surface area contributed by atoms with Gasteiger partial charge in [0.2, 0.25) is 0 Å². The van der Waals surface area contributed by atoms with Crippen LogP contribution in [0.1, 0.15) is 16.7 Å². The van der Waals surface area contributed by atoms with Crippen LogP contribution < -0.4 is 15.5 Å². The second-order valence-electron chi connectivity index (χ2n) is 6.31. The summed E-state index contributed by atoms with van der Waals surface area (Å²) in [5.41, 5.74) is 5.05. The summed E-state index contributed by atoms with van der Waals surface area (Å²) in [6.07, 6.45) is 4.42. The van der Waals surface area contributed by atoms with Crippen molar-refractivity contribution in [1.29, 1.82) is 0 Å². The molecule has 2 aromatic rings. The monoisotopic (exact) mass is 462 g/mol. The van der Waals surface area contributed by atoms with Gasteiger partial charge in [-0.2, -0.15) is 0 Å². The van der Waals surface area contributed by atoms with Crippen LogP contribution in [0, 0.1) is 6.92 Å². The molecular weight excluding hydrogens is 435 g/mol. The van der Waals surface area contributed by atoms with Gasteiger partial charge in [-0.05, 0) is 30.2 Å². The molecule has 26 heavy (non-hydrogen) atoms. The highest BCUT2D eigenvalue weighted by Crippen LogP contribution is 2.17. The van der Waals surface area contributed by atoms with E-state index < -0.39 is 0 Å². The fourth-order valence-electron chi connectivity index (χ4n) is 2.93. The second-order valence-corrected chi connectivity index (χ2v) is 6.31. The van der Waals surface area contributed by atoms with E-state index in [2.05, 4.69) is 88.1 Å². The summed E-state index contributed by atoms with van der Waals surface area (Å²) < 4.78 is 0. The fourth-order valence-corrected chi connectivity index (χ4v) is 2.93. The summed E-state index contributed by atoms with van der Waals surface area (Å²) >= 11 is 0. The summed E-state index contributed by atoms with van der Waals surface area (Å²) in [7, 11) is 1.80. The molecule has 0 aromatic heterocycles. The van der Waals surface area contributed by atoms with Crippen LogP contribution in [0.2, 0.25) is 0 Å². The molecular formula is C21H27IN4. The van der Waals surface area contributed by atoms with E-state index in [9.17, 15) is 0 Å². The van der Waals surface area contributed by atoms with Crippen LogP contribution in [0.5, 0.6) is 0 Å². The predicted octanol–water partition coefficient (Wildman–Crippen LogP) is 3.85. The van der Waals surface area contributed by atoms with Crippen LogP contribution >= 0.6 is 24.0 Å². The van der Waals surface area contributed by atoms with Crippen molar-refractivity contribution in [2.45, 2.75) is 20.0 Å². The molecule has 3 rings (SSSR count). The molecule has 2 aromatic carbocycles. The average Bonchev–Trinajstić information content (AvgIpc) is 3.17. The lowest BCUT2D eigenvalue weighted by Crippen LogP contribution is -2.36. The van der Waals surface area contributed by atoms with Gasteiger partial charge in [0.1, 0.15) is 0 Å². The third-order valence-electron chi connectivity index (χ3n) is 4.35. The lowest BCUT2D eigenvalue weighted by atomic mass is 10.1. The molecule has 0 saturated heterocycles. The Labute approximate surface area is 173 Å². The first kappa shape index (κ1) is 20.3. The van der Waals surface area contributed by atoms with Crippen LogP contribution in [0.4, 0.5) is 5.69 Å². The number of aliphatic imine (C=N–C) groups is 1. The molecule has 0 unspecified atom stereocenters. The van der Waals surface area contributed by atoms with Crippen LogP contribution in [0.3, 0.4) is 0 Å². The number of guanidine groups is 1. The van der Waals surface area contributed by atoms with Gasteiger partial charge >= 0.3 is 0 Å². The molecule has 4 nitrogen and oxygen atoms in total. The number of nitrogens with one attached hydrogen (secondary N) is 2. The quantitative estimate of drug-likeness (QED) is 0.307. The molecule has 5 heteroatoms. The van der Waals surface area contributed by atoms with Gasteiger partial charge < -0.3 is 15.5 Å². The summed E-state index contributed by atoms with van der Waals surface area (Å²) in [5.74, 6) is 0.814. The van der Waals surface area contributed by atoms with Crippen molar-refractivity contribution < 1.29 is 0 Å². The molecule has 0 saturated carbocycles. The van der Waals surface area contributed by atoms with E-state index in [1.807, 2.05) is 0 Å². The first-order valence-electron chi connectivity index (χ1n) is 8.73. The highest BCUT2D eigenvalue weighted by molar-refractivity contribution is 14.0. The van der Waals surface area contributed by atoms with Crippen LogP contribution in [0.15, 0.2) is 65.7 Å². The van der Waals surface area contributed by atoms with Crippen LogP contribution in [0.25, 0.3) is 0 Å². The normalized spacial score (nSPS) is 13.5. The number of rotatable bonds is 5. The molecule has 0 fully saturated rings. The molecule has 138 valence electrons. The Hall–Kier alpha value is -2.02. The molecule has 0 aliphatic carbocycles. The van der Waals surface area contributed by atoms with E-state index in [1.165, 1.54) is 22.4 Å². The topological polar surface area (TPSA) is 39.7 Å². The standard InChI is InChI=1S/C21H26N4.HI/c1-17-6-5-7-19(14-17)16-24-21(22-2)23-15-18-8-10-20(11-9-18)25-12-3-4-13-25;/h3-11,14H,12-13,15-16H2,1-2H3,(H2,22,23,24);1H. The van der Waals surface area contributed by atoms with Crippen LogP contribution in [-0.4, -0.2) is 26.1 Å². The molecule has 1 aliphatic rings. The van der Waals surface area contributed by atoms with E-state index >= 15 is 0 Å². The number of anilines is 1. The lowest BCUT2D eigenvalue weighted by molar-refractivity contribution is 0.808. The van der Waals surface area contributed by atoms with E-state index in [0.29, 0.717) is 0 Å². The van der Waals surface area contributed by atoms with Crippen molar-refractivity contribution >= 4 is 35.6 Å². The van der Waals surface area contributed by atoms with Gasteiger partial charge in [0, 0.05) is 38.9 Å². The molecule has 0 amide bonds. The van der Waals surface area contributed by atoms with Crippen molar-refractivity contribution in [3.05, 3.63) is 77.4 Å². The predicted molar refractivity (Wildman–Crippen MR) is 121 cm³/mol. The van der Waals surface area contributed by atoms with Gasteiger partial charge in [0.05, 0.1) is 0 Å². The molecule has 0 atom stereocenters. The zero-order chi connectivity index (χ0) is 17.5.